The maximum absolute atomic E-state index is 12.5. The minimum Gasteiger partial charge on any atom is -0.481 e. The van der Waals surface area contributed by atoms with Gasteiger partial charge < -0.3 is 25.2 Å². The summed E-state index contributed by atoms with van der Waals surface area (Å²) < 4.78 is 5.30. The lowest BCUT2D eigenvalue weighted by atomic mass is 9.85. The van der Waals surface area contributed by atoms with Crippen LogP contribution in [-0.4, -0.2) is 70.4 Å². The molecule has 8 nitrogen and oxygen atoms in total. The Morgan fingerprint density at radius 3 is 2.81 bits per heavy atom. The summed E-state index contributed by atoms with van der Waals surface area (Å²) in [6.07, 6.45) is 4.25. The molecular formula is C23H37N3O5. The number of ether oxygens (including phenoxy) is 1. The summed E-state index contributed by atoms with van der Waals surface area (Å²) in [6, 6.07) is 4.22. The third kappa shape index (κ3) is 6.90. The topological polar surface area (TPSA) is 112 Å². The van der Waals surface area contributed by atoms with Gasteiger partial charge in [0.15, 0.2) is 0 Å². The fraction of sp³-hybridized carbons (Fsp3) is 0.696. The number of hydrogen-bond donors (Lipinski definition) is 3. The number of fused-ring (bicyclic) bond motifs is 1. The molecule has 0 radical (unpaired) electrons. The Labute approximate surface area is 185 Å². The highest BCUT2D eigenvalue weighted by atomic mass is 16.5. The third-order valence-corrected chi connectivity index (χ3v) is 5.92. The van der Waals surface area contributed by atoms with Gasteiger partial charge in [0.25, 0.3) is 0 Å². The zero-order chi connectivity index (χ0) is 22.9. The van der Waals surface area contributed by atoms with Gasteiger partial charge in [-0.2, -0.15) is 0 Å². The number of hydrogen-bond acceptors (Lipinski definition) is 6. The molecule has 0 bridgehead atoms. The number of aliphatic carboxylic acids is 1. The molecule has 1 aromatic rings. The Morgan fingerprint density at radius 1 is 1.32 bits per heavy atom. The van der Waals surface area contributed by atoms with Crippen molar-refractivity contribution in [1.29, 1.82) is 0 Å². The Hall–Kier alpha value is -2.19. The van der Waals surface area contributed by atoms with Gasteiger partial charge in [0, 0.05) is 38.9 Å². The van der Waals surface area contributed by atoms with Gasteiger partial charge in [-0.3, -0.25) is 9.59 Å². The molecule has 1 fully saturated rings. The average molecular weight is 436 g/mol. The van der Waals surface area contributed by atoms with Crippen molar-refractivity contribution < 1.29 is 24.5 Å². The average Bonchev–Trinajstić information content (AvgIpc) is 2.77. The van der Waals surface area contributed by atoms with Gasteiger partial charge in [0.2, 0.25) is 5.91 Å². The highest BCUT2D eigenvalue weighted by Gasteiger charge is 2.44. The van der Waals surface area contributed by atoms with E-state index in [4.69, 9.17) is 9.84 Å². The molecular weight excluding hydrogens is 398 g/mol. The first-order valence-corrected chi connectivity index (χ1v) is 11.4. The van der Waals surface area contributed by atoms with E-state index in [2.05, 4.69) is 22.4 Å². The number of piperidine rings is 1. The monoisotopic (exact) mass is 435 g/mol. The highest BCUT2D eigenvalue weighted by Crippen LogP contribution is 2.29. The van der Waals surface area contributed by atoms with Crippen LogP contribution in [0.2, 0.25) is 0 Å². The maximum Gasteiger partial charge on any atom is 0.306 e. The largest absolute Gasteiger partial charge is 0.481 e. The predicted octanol–water partition coefficient (Wildman–Crippen LogP) is 2.63. The minimum absolute atomic E-state index is 0.0180. The molecule has 1 aromatic heterocycles. The molecule has 2 unspecified atom stereocenters. The van der Waals surface area contributed by atoms with E-state index in [0.29, 0.717) is 13.0 Å². The van der Waals surface area contributed by atoms with Crippen LogP contribution < -0.4 is 5.32 Å². The number of carboxylic acids is 1. The lowest BCUT2D eigenvalue weighted by Crippen LogP contribution is -2.58. The highest BCUT2D eigenvalue weighted by molar-refractivity contribution is 5.76. The molecule has 8 heteroatoms. The van der Waals surface area contributed by atoms with Gasteiger partial charge in [-0.25, -0.2) is 4.98 Å². The molecule has 0 saturated carbocycles. The van der Waals surface area contributed by atoms with Gasteiger partial charge >= 0.3 is 5.97 Å². The van der Waals surface area contributed by atoms with E-state index in [1.165, 1.54) is 12.7 Å². The number of amides is 1. The fourth-order valence-electron chi connectivity index (χ4n) is 4.18. The van der Waals surface area contributed by atoms with Gasteiger partial charge in [0.1, 0.15) is 17.5 Å². The van der Waals surface area contributed by atoms with E-state index in [9.17, 15) is 14.7 Å². The first kappa shape index (κ1) is 25.1. The zero-order valence-corrected chi connectivity index (χ0v) is 19.0. The molecule has 3 heterocycles. The number of carbonyl (C=O) groups excluding carboxylic acids is 1. The molecule has 3 rings (SSSR count). The Morgan fingerprint density at radius 2 is 2.10 bits per heavy atom. The summed E-state index contributed by atoms with van der Waals surface area (Å²) in [5.41, 5.74) is 0.890. The van der Waals surface area contributed by atoms with Crippen LogP contribution in [0.4, 0.5) is 5.82 Å². The van der Waals surface area contributed by atoms with E-state index >= 15 is 0 Å². The number of nitrogens with zero attached hydrogens (tertiary/aromatic N) is 2. The number of methoxy groups -OCH3 is 1. The second-order valence-electron chi connectivity index (χ2n) is 8.04. The number of aromatic nitrogens is 1. The quantitative estimate of drug-likeness (QED) is 0.538. The van der Waals surface area contributed by atoms with Crippen molar-refractivity contribution in [3.63, 3.8) is 0 Å². The van der Waals surface area contributed by atoms with Crippen LogP contribution in [0.3, 0.4) is 0 Å². The third-order valence-electron chi connectivity index (χ3n) is 5.92. The fourth-order valence-corrected chi connectivity index (χ4v) is 4.18. The summed E-state index contributed by atoms with van der Waals surface area (Å²) in [5.74, 6) is -0.0533. The maximum atomic E-state index is 12.5. The number of carbonyl (C=O) groups is 2. The van der Waals surface area contributed by atoms with E-state index in [-0.39, 0.29) is 25.3 Å². The lowest BCUT2D eigenvalue weighted by Gasteiger charge is -2.43. The summed E-state index contributed by atoms with van der Waals surface area (Å²) >= 11 is 0. The minimum atomic E-state index is -1.43. The number of aliphatic hydroxyl groups is 1. The smallest absolute Gasteiger partial charge is 0.306 e. The van der Waals surface area contributed by atoms with Crippen molar-refractivity contribution in [1.82, 2.24) is 9.88 Å². The second kappa shape index (κ2) is 12.0. The molecule has 2 aliphatic rings. The molecule has 0 spiro atoms. The van der Waals surface area contributed by atoms with E-state index in [1.807, 2.05) is 13.8 Å². The van der Waals surface area contributed by atoms with Gasteiger partial charge in [-0.15, -0.1) is 0 Å². The van der Waals surface area contributed by atoms with Crippen LogP contribution in [0.25, 0.3) is 0 Å². The van der Waals surface area contributed by atoms with Crippen LogP contribution in [0.1, 0.15) is 63.6 Å². The second-order valence-corrected chi connectivity index (χ2v) is 8.04. The number of pyridine rings is 1. The molecule has 31 heavy (non-hydrogen) atoms. The molecule has 2 atom stereocenters. The van der Waals surface area contributed by atoms with Crippen molar-refractivity contribution in [3.8, 4) is 0 Å². The SMILES string of the molecule is CC.COC1CN(C(=O)CCCCc2ccc3c(n2)NCCC3)CCC1(O)CC(=O)O. The molecule has 174 valence electrons. The molecule has 1 saturated heterocycles. The van der Waals surface area contributed by atoms with E-state index in [1.54, 1.807) is 4.90 Å². The first-order chi connectivity index (χ1) is 14.9. The normalized spacial score (nSPS) is 22.6. The van der Waals surface area contributed by atoms with Crippen molar-refractivity contribution in [2.45, 2.75) is 76.9 Å². The Bertz CT molecular complexity index is 742. The Balaban J connectivity index is 0.00000166. The van der Waals surface area contributed by atoms with Gasteiger partial charge in [0.05, 0.1) is 6.42 Å². The Kier molecular flexibility index (Phi) is 9.71. The molecule has 2 aliphatic heterocycles. The van der Waals surface area contributed by atoms with Crippen LogP contribution >= 0.6 is 0 Å². The number of carboxylic acid groups (broad SMARTS) is 1. The number of unbranched alkanes of at least 4 members (excludes halogenated alkanes) is 1. The van der Waals surface area contributed by atoms with Crippen molar-refractivity contribution >= 4 is 17.7 Å². The molecule has 1 amide bonds. The van der Waals surface area contributed by atoms with Crippen molar-refractivity contribution in [2.75, 3.05) is 32.1 Å². The van der Waals surface area contributed by atoms with Gasteiger partial charge in [-0.05, 0) is 50.2 Å². The van der Waals surface area contributed by atoms with E-state index < -0.39 is 17.7 Å². The number of likely N-dealkylation sites (tertiary alicyclic amines) is 1. The van der Waals surface area contributed by atoms with Crippen molar-refractivity contribution in [2.24, 2.45) is 0 Å². The van der Waals surface area contributed by atoms with Crippen molar-refractivity contribution in [3.05, 3.63) is 23.4 Å². The van der Waals surface area contributed by atoms with Gasteiger partial charge in [-0.1, -0.05) is 19.9 Å². The lowest BCUT2D eigenvalue weighted by molar-refractivity contribution is -0.167. The molecule has 3 N–H and O–H groups in total. The summed E-state index contributed by atoms with van der Waals surface area (Å²) in [6.45, 7) is 5.54. The molecule has 0 aliphatic carbocycles. The zero-order valence-electron chi connectivity index (χ0n) is 19.0. The summed E-state index contributed by atoms with van der Waals surface area (Å²) in [4.78, 5) is 29.9. The number of rotatable bonds is 8. The standard InChI is InChI=1S/C21H31N3O5.C2H6/c1-29-17-14-24(12-10-21(17,28)13-19(26)27)18(25)7-3-2-6-16-9-8-15-5-4-11-22-20(15)23-16;1-2/h8-9,17,28H,2-7,10-14H2,1H3,(H,22,23)(H,26,27);1-2H3. The number of nitrogens with one attached hydrogen (secondary N) is 1. The predicted molar refractivity (Wildman–Crippen MR) is 119 cm³/mol. The number of anilines is 1. The van der Waals surface area contributed by atoms with Crippen LogP contribution in [0, 0.1) is 0 Å². The van der Waals surface area contributed by atoms with Crippen LogP contribution in [0.5, 0.6) is 0 Å². The van der Waals surface area contributed by atoms with E-state index in [0.717, 1.165) is 50.2 Å². The number of aryl methyl sites for hydroxylation is 2. The van der Waals surface area contributed by atoms with Crippen LogP contribution in [0.15, 0.2) is 12.1 Å². The first-order valence-electron chi connectivity index (χ1n) is 11.4. The van der Waals surface area contributed by atoms with Crippen LogP contribution in [-0.2, 0) is 27.2 Å². The molecule has 0 aromatic carbocycles. The summed E-state index contributed by atoms with van der Waals surface area (Å²) in [5, 5.41) is 22.9. The summed E-state index contributed by atoms with van der Waals surface area (Å²) in [7, 11) is 1.44.